The van der Waals surface area contributed by atoms with E-state index >= 15 is 0 Å². The summed E-state index contributed by atoms with van der Waals surface area (Å²) in [7, 11) is 1.86. The normalized spacial score (nSPS) is 10.4. The number of aryl methyl sites for hydroxylation is 2. The molecule has 6 heteroatoms. The van der Waals surface area contributed by atoms with Crippen LogP contribution in [-0.4, -0.2) is 32.4 Å². The fraction of sp³-hybridized carbons (Fsp3) is 0.308. The summed E-state index contributed by atoms with van der Waals surface area (Å²) in [6.07, 6.45) is 6.10. The first-order chi connectivity index (χ1) is 9.08. The van der Waals surface area contributed by atoms with Gasteiger partial charge in [-0.15, -0.1) is 0 Å². The van der Waals surface area contributed by atoms with Gasteiger partial charge in [0.05, 0.1) is 6.20 Å². The second-order valence-corrected chi connectivity index (χ2v) is 4.36. The van der Waals surface area contributed by atoms with Crippen molar-refractivity contribution in [3.8, 4) is 0 Å². The highest BCUT2D eigenvalue weighted by Gasteiger charge is 2.13. The lowest BCUT2D eigenvalue weighted by molar-refractivity contribution is 0.0697. The molecule has 6 nitrogen and oxygen atoms in total. The van der Waals surface area contributed by atoms with E-state index in [9.17, 15) is 9.90 Å². The summed E-state index contributed by atoms with van der Waals surface area (Å²) in [4.78, 5) is 15.3. The average Bonchev–Trinajstić information content (AvgIpc) is 2.74. The molecule has 0 fully saturated rings. The van der Waals surface area contributed by atoms with Gasteiger partial charge in [0.2, 0.25) is 0 Å². The molecule has 0 spiro atoms. The summed E-state index contributed by atoms with van der Waals surface area (Å²) < 4.78 is 1.74. The summed E-state index contributed by atoms with van der Waals surface area (Å²) in [5, 5.41) is 16.3. The van der Waals surface area contributed by atoms with Crippen LogP contribution in [-0.2, 0) is 13.5 Å². The number of aromatic nitrogens is 3. The van der Waals surface area contributed by atoms with Crippen LogP contribution < -0.4 is 5.32 Å². The number of rotatable bonds is 5. The first-order valence-corrected chi connectivity index (χ1v) is 5.98. The monoisotopic (exact) mass is 260 g/mol. The number of aromatic carboxylic acids is 1. The lowest BCUT2D eigenvalue weighted by atomic mass is 10.1. The smallest absolute Gasteiger partial charge is 0.339 e. The second kappa shape index (κ2) is 5.51. The van der Waals surface area contributed by atoms with Crippen molar-refractivity contribution in [1.29, 1.82) is 0 Å². The maximum atomic E-state index is 11.2. The number of anilines is 1. The van der Waals surface area contributed by atoms with Crippen LogP contribution in [0.1, 0.15) is 21.5 Å². The molecule has 2 aromatic heterocycles. The van der Waals surface area contributed by atoms with E-state index in [0.29, 0.717) is 17.9 Å². The molecular formula is C13H16N4O2. The maximum absolute atomic E-state index is 11.2. The van der Waals surface area contributed by atoms with Crippen molar-refractivity contribution in [3.05, 3.63) is 41.3 Å². The van der Waals surface area contributed by atoms with Gasteiger partial charge in [-0.05, 0) is 30.5 Å². The predicted molar refractivity (Wildman–Crippen MR) is 71.3 cm³/mol. The highest BCUT2D eigenvalue weighted by molar-refractivity contribution is 5.94. The van der Waals surface area contributed by atoms with Crippen molar-refractivity contribution in [2.24, 2.45) is 7.05 Å². The molecule has 0 saturated heterocycles. The van der Waals surface area contributed by atoms with Gasteiger partial charge in [0.15, 0.2) is 0 Å². The Morgan fingerprint density at radius 2 is 2.32 bits per heavy atom. The van der Waals surface area contributed by atoms with Crippen LogP contribution in [0.3, 0.4) is 0 Å². The van der Waals surface area contributed by atoms with E-state index in [1.807, 2.05) is 13.2 Å². The van der Waals surface area contributed by atoms with Gasteiger partial charge in [-0.25, -0.2) is 9.78 Å². The highest BCUT2D eigenvalue weighted by Crippen LogP contribution is 2.16. The molecule has 0 radical (unpaired) electrons. The molecule has 100 valence electrons. The van der Waals surface area contributed by atoms with Gasteiger partial charge in [0.25, 0.3) is 0 Å². The van der Waals surface area contributed by atoms with E-state index < -0.39 is 5.97 Å². The molecule has 0 aliphatic heterocycles. The number of hydrogen-bond donors (Lipinski definition) is 2. The van der Waals surface area contributed by atoms with Crippen molar-refractivity contribution < 1.29 is 9.90 Å². The number of pyridine rings is 1. The molecule has 2 aromatic rings. The summed E-state index contributed by atoms with van der Waals surface area (Å²) >= 11 is 0. The van der Waals surface area contributed by atoms with Crippen LogP contribution in [0.15, 0.2) is 24.7 Å². The molecule has 0 aliphatic carbocycles. The van der Waals surface area contributed by atoms with Gasteiger partial charge < -0.3 is 10.4 Å². The number of carboxylic acid groups (broad SMARTS) is 1. The average molecular weight is 260 g/mol. The van der Waals surface area contributed by atoms with Crippen LogP contribution in [0.5, 0.6) is 0 Å². The lowest BCUT2D eigenvalue weighted by Gasteiger charge is -2.09. The van der Waals surface area contributed by atoms with Crippen LogP contribution in [0, 0.1) is 6.92 Å². The van der Waals surface area contributed by atoms with Crippen molar-refractivity contribution in [2.75, 3.05) is 11.9 Å². The Morgan fingerprint density at radius 1 is 1.53 bits per heavy atom. The second-order valence-electron chi connectivity index (χ2n) is 4.36. The summed E-state index contributed by atoms with van der Waals surface area (Å²) in [5.74, 6) is -0.550. The van der Waals surface area contributed by atoms with Crippen LogP contribution in [0.4, 0.5) is 5.82 Å². The van der Waals surface area contributed by atoms with Crippen LogP contribution >= 0.6 is 0 Å². The fourth-order valence-corrected chi connectivity index (χ4v) is 1.89. The fourth-order valence-electron chi connectivity index (χ4n) is 1.89. The molecule has 2 heterocycles. The minimum atomic E-state index is -0.963. The topological polar surface area (TPSA) is 80.0 Å². The highest BCUT2D eigenvalue weighted by atomic mass is 16.4. The molecule has 0 unspecified atom stereocenters. The Labute approximate surface area is 111 Å². The molecule has 0 atom stereocenters. The standard InChI is InChI=1S/C13H16N4O2/c1-9-3-5-14-12(11(9)13(18)19)15-6-4-10-7-16-17(2)8-10/h3,5,7-8H,4,6H2,1-2H3,(H,14,15)(H,18,19). The molecular weight excluding hydrogens is 244 g/mol. The van der Waals surface area contributed by atoms with Crippen molar-refractivity contribution >= 4 is 11.8 Å². The summed E-state index contributed by atoms with van der Waals surface area (Å²) in [6.45, 7) is 2.37. The molecule has 0 saturated carbocycles. The van der Waals surface area contributed by atoms with E-state index in [-0.39, 0.29) is 5.56 Å². The van der Waals surface area contributed by atoms with Gasteiger partial charge in [-0.1, -0.05) is 0 Å². The van der Waals surface area contributed by atoms with Gasteiger partial charge in [-0.3, -0.25) is 4.68 Å². The van der Waals surface area contributed by atoms with Crippen molar-refractivity contribution in [3.63, 3.8) is 0 Å². The van der Waals surface area contributed by atoms with Gasteiger partial charge in [0.1, 0.15) is 11.4 Å². The van der Waals surface area contributed by atoms with Gasteiger partial charge in [0, 0.05) is 26.0 Å². The Morgan fingerprint density at radius 3 is 2.95 bits per heavy atom. The van der Waals surface area contributed by atoms with E-state index in [2.05, 4.69) is 15.4 Å². The van der Waals surface area contributed by atoms with Gasteiger partial charge >= 0.3 is 5.97 Å². The molecule has 0 amide bonds. The van der Waals surface area contributed by atoms with Crippen molar-refractivity contribution in [1.82, 2.24) is 14.8 Å². The Kier molecular flexibility index (Phi) is 3.79. The molecule has 2 rings (SSSR count). The quantitative estimate of drug-likeness (QED) is 0.851. The third kappa shape index (κ3) is 3.09. The first-order valence-electron chi connectivity index (χ1n) is 5.98. The minimum absolute atomic E-state index is 0.230. The largest absolute Gasteiger partial charge is 0.478 e. The summed E-state index contributed by atoms with van der Waals surface area (Å²) in [6, 6.07) is 1.69. The lowest BCUT2D eigenvalue weighted by Crippen LogP contribution is -2.12. The maximum Gasteiger partial charge on any atom is 0.339 e. The molecule has 0 aromatic carbocycles. The van der Waals surface area contributed by atoms with Crippen LogP contribution in [0.25, 0.3) is 0 Å². The van der Waals surface area contributed by atoms with E-state index in [1.54, 1.807) is 30.1 Å². The first kappa shape index (κ1) is 13.1. The molecule has 19 heavy (non-hydrogen) atoms. The molecule has 0 aliphatic rings. The number of carboxylic acids is 1. The zero-order valence-electron chi connectivity index (χ0n) is 10.9. The zero-order chi connectivity index (χ0) is 13.8. The van der Waals surface area contributed by atoms with E-state index in [1.165, 1.54) is 0 Å². The SMILES string of the molecule is Cc1ccnc(NCCc2cnn(C)c2)c1C(=O)O. The van der Waals surface area contributed by atoms with Crippen LogP contribution in [0.2, 0.25) is 0 Å². The third-order valence-electron chi connectivity index (χ3n) is 2.84. The molecule has 0 bridgehead atoms. The van der Waals surface area contributed by atoms with Gasteiger partial charge in [-0.2, -0.15) is 5.10 Å². The van der Waals surface area contributed by atoms with Crippen molar-refractivity contribution in [2.45, 2.75) is 13.3 Å². The Bertz CT molecular complexity index is 592. The number of hydrogen-bond acceptors (Lipinski definition) is 4. The predicted octanol–water partition coefficient (Wildman–Crippen LogP) is 1.48. The Balaban J connectivity index is 2.03. The van der Waals surface area contributed by atoms with E-state index in [0.717, 1.165) is 12.0 Å². The van der Waals surface area contributed by atoms with E-state index in [4.69, 9.17) is 0 Å². The minimum Gasteiger partial charge on any atom is -0.478 e. The molecule has 2 N–H and O–H groups in total. The zero-order valence-corrected chi connectivity index (χ0v) is 10.9. The number of carbonyl (C=O) groups is 1. The Hall–Kier alpha value is -2.37. The number of nitrogens with one attached hydrogen (secondary N) is 1. The number of nitrogens with zero attached hydrogens (tertiary/aromatic N) is 3. The third-order valence-corrected chi connectivity index (χ3v) is 2.84. The summed E-state index contributed by atoms with van der Waals surface area (Å²) in [5.41, 5.74) is 2.03.